The van der Waals surface area contributed by atoms with Gasteiger partial charge in [0, 0.05) is 37.4 Å². The molecule has 1 aliphatic heterocycles. The normalized spacial score (nSPS) is 14.0. The SMILES string of the molecule is COc1ccc(-n2nc(-c3ccc(C)c(C)c3)cc2C(=O)N2CCN(c3cccc(C(F)(F)F)c3)CC2)cc1. The number of nitrogens with zero attached hydrogens (tertiary/aromatic N) is 4. The molecule has 202 valence electrons. The topological polar surface area (TPSA) is 50.6 Å². The Labute approximate surface area is 225 Å². The first kappa shape index (κ1) is 26.3. The molecule has 6 nitrogen and oxygen atoms in total. The number of piperazine rings is 1. The number of carbonyl (C=O) groups excluding carboxylic acids is 1. The van der Waals surface area contributed by atoms with Gasteiger partial charge in [-0.3, -0.25) is 4.79 Å². The lowest BCUT2D eigenvalue weighted by atomic mass is 10.0. The largest absolute Gasteiger partial charge is 0.497 e. The van der Waals surface area contributed by atoms with Crippen LogP contribution in [0.5, 0.6) is 5.75 Å². The number of hydrogen-bond donors (Lipinski definition) is 0. The highest BCUT2D eigenvalue weighted by atomic mass is 19.4. The molecule has 1 amide bonds. The van der Waals surface area contributed by atoms with Crippen LogP contribution >= 0.6 is 0 Å². The third-order valence-corrected chi connectivity index (χ3v) is 7.15. The molecule has 0 bridgehead atoms. The fourth-order valence-electron chi connectivity index (χ4n) is 4.70. The lowest BCUT2D eigenvalue weighted by Gasteiger charge is -2.36. The van der Waals surface area contributed by atoms with Crippen LogP contribution in [0.1, 0.15) is 27.2 Å². The molecule has 3 aromatic carbocycles. The van der Waals surface area contributed by atoms with E-state index in [1.165, 1.54) is 11.6 Å². The minimum Gasteiger partial charge on any atom is -0.497 e. The Balaban J connectivity index is 1.42. The van der Waals surface area contributed by atoms with Gasteiger partial charge in [0.1, 0.15) is 11.4 Å². The quantitative estimate of drug-likeness (QED) is 0.308. The van der Waals surface area contributed by atoms with Crippen LogP contribution in [0.3, 0.4) is 0 Å². The third-order valence-electron chi connectivity index (χ3n) is 7.15. The van der Waals surface area contributed by atoms with Gasteiger partial charge in [-0.2, -0.15) is 18.3 Å². The zero-order chi connectivity index (χ0) is 27.7. The molecule has 1 saturated heterocycles. The van der Waals surface area contributed by atoms with Gasteiger partial charge in [-0.05, 0) is 79.6 Å². The maximum atomic E-state index is 13.8. The molecule has 0 atom stereocenters. The van der Waals surface area contributed by atoms with Gasteiger partial charge in [0.25, 0.3) is 5.91 Å². The second kappa shape index (κ2) is 10.5. The van der Waals surface area contributed by atoms with Gasteiger partial charge in [-0.15, -0.1) is 0 Å². The van der Waals surface area contributed by atoms with Crippen molar-refractivity contribution in [1.29, 1.82) is 0 Å². The van der Waals surface area contributed by atoms with Crippen molar-refractivity contribution in [1.82, 2.24) is 14.7 Å². The Hall–Kier alpha value is -4.27. The number of benzene rings is 3. The van der Waals surface area contributed by atoms with E-state index in [4.69, 9.17) is 9.84 Å². The third kappa shape index (κ3) is 5.48. The van der Waals surface area contributed by atoms with E-state index in [1.54, 1.807) is 28.8 Å². The zero-order valence-corrected chi connectivity index (χ0v) is 22.0. The van der Waals surface area contributed by atoms with E-state index in [0.717, 1.165) is 28.9 Å². The van der Waals surface area contributed by atoms with Gasteiger partial charge < -0.3 is 14.5 Å². The molecule has 1 fully saturated rings. The summed E-state index contributed by atoms with van der Waals surface area (Å²) in [7, 11) is 1.59. The summed E-state index contributed by atoms with van der Waals surface area (Å²) in [6.45, 7) is 5.68. The Morgan fingerprint density at radius 1 is 0.846 bits per heavy atom. The van der Waals surface area contributed by atoms with Gasteiger partial charge in [0.2, 0.25) is 0 Å². The summed E-state index contributed by atoms with van der Waals surface area (Å²) in [6, 6.07) is 20.5. The number of aryl methyl sites for hydroxylation is 2. The summed E-state index contributed by atoms with van der Waals surface area (Å²) in [5.74, 6) is 0.510. The average Bonchev–Trinajstić information content (AvgIpc) is 3.39. The van der Waals surface area contributed by atoms with Crippen molar-refractivity contribution in [2.45, 2.75) is 20.0 Å². The van der Waals surface area contributed by atoms with Crippen molar-refractivity contribution >= 4 is 11.6 Å². The Morgan fingerprint density at radius 2 is 1.56 bits per heavy atom. The molecular formula is C30H29F3N4O2. The van der Waals surface area contributed by atoms with Crippen LogP contribution < -0.4 is 9.64 Å². The van der Waals surface area contributed by atoms with Crippen LogP contribution in [0.25, 0.3) is 16.9 Å². The molecule has 5 rings (SSSR count). The van der Waals surface area contributed by atoms with Gasteiger partial charge in [0.15, 0.2) is 0 Å². The summed E-state index contributed by atoms with van der Waals surface area (Å²) in [5, 5.41) is 4.80. The Kier molecular flexibility index (Phi) is 7.08. The number of methoxy groups -OCH3 is 1. The molecule has 0 aliphatic carbocycles. The lowest BCUT2D eigenvalue weighted by Crippen LogP contribution is -2.49. The minimum absolute atomic E-state index is 0.183. The van der Waals surface area contributed by atoms with Crippen LogP contribution in [-0.4, -0.2) is 53.9 Å². The van der Waals surface area contributed by atoms with E-state index >= 15 is 0 Å². The van der Waals surface area contributed by atoms with Gasteiger partial charge in [-0.1, -0.05) is 18.2 Å². The summed E-state index contributed by atoms with van der Waals surface area (Å²) in [5.41, 5.74) is 4.85. The fourth-order valence-corrected chi connectivity index (χ4v) is 4.70. The molecule has 1 aliphatic rings. The van der Waals surface area contributed by atoms with Crippen LogP contribution in [0.4, 0.5) is 18.9 Å². The number of anilines is 1. The first-order chi connectivity index (χ1) is 18.6. The zero-order valence-electron chi connectivity index (χ0n) is 22.0. The highest BCUT2D eigenvalue weighted by Gasteiger charge is 2.32. The van der Waals surface area contributed by atoms with E-state index in [0.29, 0.717) is 49.0 Å². The summed E-state index contributed by atoms with van der Waals surface area (Å²) in [6.07, 6.45) is -4.40. The molecule has 0 N–H and O–H groups in total. The lowest BCUT2D eigenvalue weighted by molar-refractivity contribution is -0.137. The van der Waals surface area contributed by atoms with E-state index in [2.05, 4.69) is 6.07 Å². The van der Waals surface area contributed by atoms with E-state index < -0.39 is 11.7 Å². The predicted octanol–water partition coefficient (Wildman–Crippen LogP) is 6.15. The maximum absolute atomic E-state index is 13.8. The molecule has 0 radical (unpaired) electrons. The smallest absolute Gasteiger partial charge is 0.416 e. The molecule has 1 aromatic heterocycles. The van der Waals surface area contributed by atoms with E-state index in [-0.39, 0.29) is 5.91 Å². The second-order valence-corrected chi connectivity index (χ2v) is 9.65. The van der Waals surface area contributed by atoms with E-state index in [9.17, 15) is 18.0 Å². The van der Waals surface area contributed by atoms with E-state index in [1.807, 2.05) is 55.1 Å². The number of alkyl halides is 3. The fraction of sp³-hybridized carbons (Fsp3) is 0.267. The number of amides is 1. The highest BCUT2D eigenvalue weighted by molar-refractivity contribution is 5.94. The number of hydrogen-bond acceptors (Lipinski definition) is 4. The average molecular weight is 535 g/mol. The monoisotopic (exact) mass is 534 g/mol. The summed E-state index contributed by atoms with van der Waals surface area (Å²) < 4.78 is 46.5. The van der Waals surface area contributed by atoms with Crippen molar-refractivity contribution in [3.8, 4) is 22.7 Å². The number of aromatic nitrogens is 2. The number of halogens is 3. The van der Waals surface area contributed by atoms with Crippen molar-refractivity contribution in [3.05, 3.63) is 95.2 Å². The molecule has 2 heterocycles. The standard InChI is InChI=1S/C30H29F3N4O2/c1-20-7-8-22(17-21(20)2)27-19-28(37(34-27)24-9-11-26(39-3)12-10-24)29(38)36-15-13-35(14-16-36)25-6-4-5-23(18-25)30(31,32)33/h4-12,17-19H,13-16H2,1-3H3. The predicted molar refractivity (Wildman–Crippen MR) is 145 cm³/mol. The summed E-state index contributed by atoms with van der Waals surface area (Å²) in [4.78, 5) is 17.4. The molecule has 0 spiro atoms. The van der Waals surface area contributed by atoms with Crippen LogP contribution in [-0.2, 0) is 6.18 Å². The van der Waals surface area contributed by atoms with Crippen LogP contribution in [0.15, 0.2) is 72.8 Å². The molecule has 0 saturated carbocycles. The van der Waals surface area contributed by atoms with Crippen molar-refractivity contribution in [3.63, 3.8) is 0 Å². The van der Waals surface area contributed by atoms with Gasteiger partial charge >= 0.3 is 6.18 Å². The highest BCUT2D eigenvalue weighted by Crippen LogP contribution is 2.32. The van der Waals surface area contributed by atoms with Crippen molar-refractivity contribution in [2.75, 3.05) is 38.2 Å². The first-order valence-corrected chi connectivity index (χ1v) is 12.7. The number of carbonyl (C=O) groups is 1. The Morgan fingerprint density at radius 3 is 2.21 bits per heavy atom. The van der Waals surface area contributed by atoms with Crippen molar-refractivity contribution in [2.24, 2.45) is 0 Å². The molecule has 4 aromatic rings. The second-order valence-electron chi connectivity index (χ2n) is 9.65. The molecule has 39 heavy (non-hydrogen) atoms. The van der Waals surface area contributed by atoms with Crippen LogP contribution in [0.2, 0.25) is 0 Å². The van der Waals surface area contributed by atoms with Crippen LogP contribution in [0, 0.1) is 13.8 Å². The molecule has 9 heteroatoms. The number of rotatable bonds is 5. The maximum Gasteiger partial charge on any atom is 0.416 e. The Bertz CT molecular complexity index is 1490. The van der Waals surface area contributed by atoms with Gasteiger partial charge in [0.05, 0.1) is 24.1 Å². The van der Waals surface area contributed by atoms with Crippen molar-refractivity contribution < 1.29 is 22.7 Å². The molecule has 0 unspecified atom stereocenters. The summed E-state index contributed by atoms with van der Waals surface area (Å²) >= 11 is 0. The van der Waals surface area contributed by atoms with Gasteiger partial charge in [-0.25, -0.2) is 4.68 Å². The molecular weight excluding hydrogens is 505 g/mol. The first-order valence-electron chi connectivity index (χ1n) is 12.7. The minimum atomic E-state index is -4.40. The number of ether oxygens (including phenoxy) is 1.